The summed E-state index contributed by atoms with van der Waals surface area (Å²) in [6, 6.07) is 14.6. The Morgan fingerprint density at radius 2 is 1.71 bits per heavy atom. The lowest BCUT2D eigenvalue weighted by Gasteiger charge is -2.11. The Balaban J connectivity index is 1.87. The molecule has 0 saturated carbocycles. The van der Waals surface area contributed by atoms with Gasteiger partial charge in [0.25, 0.3) is 0 Å². The summed E-state index contributed by atoms with van der Waals surface area (Å²) in [6.07, 6.45) is 0.742. The summed E-state index contributed by atoms with van der Waals surface area (Å²) in [5, 5.41) is 0. The van der Waals surface area contributed by atoms with Gasteiger partial charge in [-0.1, -0.05) is 18.2 Å². The van der Waals surface area contributed by atoms with Crippen molar-refractivity contribution in [1.82, 2.24) is 4.72 Å². The molecule has 0 fully saturated rings. The molecule has 0 amide bonds. The highest BCUT2D eigenvalue weighted by atomic mass is 32.2. The molecule has 2 rings (SSSR count). The summed E-state index contributed by atoms with van der Waals surface area (Å²) in [5.41, 5.74) is 0. The molecule has 2 aromatic rings. The molecule has 0 aliphatic rings. The van der Waals surface area contributed by atoms with Crippen LogP contribution >= 0.6 is 11.8 Å². The van der Waals surface area contributed by atoms with Gasteiger partial charge in [0.2, 0.25) is 10.0 Å². The first-order chi connectivity index (χ1) is 11.6. The van der Waals surface area contributed by atoms with Crippen LogP contribution in [0.2, 0.25) is 0 Å². The van der Waals surface area contributed by atoms with E-state index in [0.29, 0.717) is 18.0 Å². The molecule has 0 spiro atoms. The van der Waals surface area contributed by atoms with Gasteiger partial charge in [0, 0.05) is 17.5 Å². The molecule has 2 aromatic carbocycles. The predicted molar refractivity (Wildman–Crippen MR) is 96.5 cm³/mol. The molecule has 0 aromatic heterocycles. The first-order valence-corrected chi connectivity index (χ1v) is 9.93. The molecule has 0 atom stereocenters. The van der Waals surface area contributed by atoms with Gasteiger partial charge in [0.1, 0.15) is 0 Å². The van der Waals surface area contributed by atoms with Crippen LogP contribution in [0.15, 0.2) is 58.3 Å². The van der Waals surface area contributed by atoms with Crippen molar-refractivity contribution in [3.8, 4) is 11.5 Å². The van der Waals surface area contributed by atoms with E-state index in [9.17, 15) is 8.42 Å². The topological polar surface area (TPSA) is 64.6 Å². The molecular formula is C17H21NO4S2. The maximum atomic E-state index is 12.3. The Hall–Kier alpha value is -1.70. The van der Waals surface area contributed by atoms with E-state index < -0.39 is 10.0 Å². The van der Waals surface area contributed by atoms with Crippen LogP contribution in [0.3, 0.4) is 0 Å². The fraction of sp³-hybridized carbons (Fsp3) is 0.294. The van der Waals surface area contributed by atoms with Gasteiger partial charge >= 0.3 is 0 Å². The maximum Gasteiger partial charge on any atom is 0.240 e. The highest BCUT2D eigenvalue weighted by Crippen LogP contribution is 2.29. The lowest BCUT2D eigenvalue weighted by Crippen LogP contribution is -2.25. The Bertz CT molecular complexity index is 748. The summed E-state index contributed by atoms with van der Waals surface area (Å²) in [7, 11) is -0.574. The van der Waals surface area contributed by atoms with E-state index in [0.717, 1.165) is 12.2 Å². The molecule has 5 nitrogen and oxygen atoms in total. The zero-order valence-electron chi connectivity index (χ0n) is 13.7. The Morgan fingerprint density at radius 1 is 1.00 bits per heavy atom. The highest BCUT2D eigenvalue weighted by Gasteiger charge is 2.16. The van der Waals surface area contributed by atoms with E-state index in [1.807, 2.05) is 30.3 Å². The third-order valence-electron chi connectivity index (χ3n) is 3.29. The summed E-state index contributed by atoms with van der Waals surface area (Å²) >= 11 is 1.71. The lowest BCUT2D eigenvalue weighted by atomic mass is 10.3. The normalized spacial score (nSPS) is 11.2. The number of nitrogens with one attached hydrogen (secondary N) is 1. The van der Waals surface area contributed by atoms with Gasteiger partial charge in [-0.25, -0.2) is 13.1 Å². The van der Waals surface area contributed by atoms with Crippen LogP contribution in [0.5, 0.6) is 11.5 Å². The van der Waals surface area contributed by atoms with Crippen LogP contribution in [-0.2, 0) is 10.0 Å². The smallest absolute Gasteiger partial charge is 0.240 e. The minimum atomic E-state index is -3.56. The zero-order chi connectivity index (χ0) is 17.4. The van der Waals surface area contributed by atoms with Gasteiger partial charge in [-0.3, -0.25) is 0 Å². The van der Waals surface area contributed by atoms with E-state index in [2.05, 4.69) is 4.72 Å². The summed E-state index contributed by atoms with van der Waals surface area (Å²) in [4.78, 5) is 1.34. The van der Waals surface area contributed by atoms with E-state index in [-0.39, 0.29) is 4.90 Å². The van der Waals surface area contributed by atoms with Gasteiger partial charge in [-0.15, -0.1) is 11.8 Å². The monoisotopic (exact) mass is 367 g/mol. The van der Waals surface area contributed by atoms with Crippen LogP contribution in [0.4, 0.5) is 0 Å². The van der Waals surface area contributed by atoms with Crippen molar-refractivity contribution in [2.24, 2.45) is 0 Å². The molecule has 7 heteroatoms. The third kappa shape index (κ3) is 5.15. The molecule has 0 aliphatic carbocycles. The van der Waals surface area contributed by atoms with E-state index in [1.165, 1.54) is 31.2 Å². The maximum absolute atomic E-state index is 12.3. The second-order valence-corrected chi connectivity index (χ2v) is 7.86. The van der Waals surface area contributed by atoms with Gasteiger partial charge < -0.3 is 9.47 Å². The number of hydrogen-bond donors (Lipinski definition) is 1. The molecule has 0 saturated heterocycles. The number of rotatable bonds is 9. The van der Waals surface area contributed by atoms with Crippen molar-refractivity contribution in [2.45, 2.75) is 16.2 Å². The largest absolute Gasteiger partial charge is 0.493 e. The van der Waals surface area contributed by atoms with E-state index in [1.54, 1.807) is 17.8 Å². The molecule has 0 radical (unpaired) electrons. The predicted octanol–water partition coefficient (Wildman–Crippen LogP) is 3.16. The Morgan fingerprint density at radius 3 is 2.38 bits per heavy atom. The fourth-order valence-electron chi connectivity index (χ4n) is 2.05. The molecule has 0 bridgehead atoms. The summed E-state index contributed by atoms with van der Waals surface area (Å²) in [6.45, 7) is 0.385. The highest BCUT2D eigenvalue weighted by molar-refractivity contribution is 7.99. The van der Waals surface area contributed by atoms with Crippen molar-refractivity contribution in [2.75, 3.05) is 26.5 Å². The standard InChI is InChI=1S/C17H21NO4S2/c1-21-16-10-9-15(13-17(16)22-2)24(19,20)18-11-6-12-23-14-7-4-3-5-8-14/h3-5,7-10,13,18H,6,11-12H2,1-2H3. The fourth-order valence-corrected chi connectivity index (χ4v) is 4.02. The van der Waals surface area contributed by atoms with Crippen molar-refractivity contribution in [3.05, 3.63) is 48.5 Å². The van der Waals surface area contributed by atoms with Crippen LogP contribution < -0.4 is 14.2 Å². The number of benzene rings is 2. The Labute approximate surface area is 147 Å². The molecule has 0 unspecified atom stereocenters. The number of thioether (sulfide) groups is 1. The van der Waals surface area contributed by atoms with Crippen LogP contribution in [0, 0.1) is 0 Å². The second kappa shape index (κ2) is 8.96. The second-order valence-electron chi connectivity index (χ2n) is 4.93. The Kier molecular flexibility index (Phi) is 6.96. The first-order valence-electron chi connectivity index (χ1n) is 7.46. The van der Waals surface area contributed by atoms with E-state index >= 15 is 0 Å². The van der Waals surface area contributed by atoms with Crippen LogP contribution in [0.1, 0.15) is 6.42 Å². The minimum absolute atomic E-state index is 0.163. The van der Waals surface area contributed by atoms with Gasteiger partial charge in [-0.2, -0.15) is 0 Å². The lowest BCUT2D eigenvalue weighted by molar-refractivity contribution is 0.354. The van der Waals surface area contributed by atoms with Crippen molar-refractivity contribution >= 4 is 21.8 Å². The summed E-state index contributed by atoms with van der Waals surface area (Å²) < 4.78 is 37.5. The molecule has 0 aliphatic heterocycles. The van der Waals surface area contributed by atoms with Gasteiger partial charge in [0.05, 0.1) is 19.1 Å². The van der Waals surface area contributed by atoms with Crippen molar-refractivity contribution < 1.29 is 17.9 Å². The number of ether oxygens (including phenoxy) is 2. The third-order valence-corrected chi connectivity index (χ3v) is 5.85. The number of methoxy groups -OCH3 is 2. The molecule has 130 valence electrons. The van der Waals surface area contributed by atoms with E-state index in [4.69, 9.17) is 9.47 Å². The van der Waals surface area contributed by atoms with Crippen LogP contribution in [-0.4, -0.2) is 34.9 Å². The quantitative estimate of drug-likeness (QED) is 0.545. The SMILES string of the molecule is COc1ccc(S(=O)(=O)NCCCSc2ccccc2)cc1OC. The van der Waals surface area contributed by atoms with Gasteiger partial charge in [-0.05, 0) is 36.4 Å². The van der Waals surface area contributed by atoms with Crippen molar-refractivity contribution in [1.29, 1.82) is 0 Å². The average Bonchev–Trinajstić information content (AvgIpc) is 2.61. The number of sulfonamides is 1. The minimum Gasteiger partial charge on any atom is -0.493 e. The zero-order valence-corrected chi connectivity index (χ0v) is 15.3. The first kappa shape index (κ1) is 18.6. The number of hydrogen-bond acceptors (Lipinski definition) is 5. The van der Waals surface area contributed by atoms with Gasteiger partial charge in [0.15, 0.2) is 11.5 Å². The molecule has 24 heavy (non-hydrogen) atoms. The van der Waals surface area contributed by atoms with Crippen molar-refractivity contribution in [3.63, 3.8) is 0 Å². The molecular weight excluding hydrogens is 346 g/mol. The molecule has 1 N–H and O–H groups in total. The average molecular weight is 367 g/mol. The van der Waals surface area contributed by atoms with Crippen LogP contribution in [0.25, 0.3) is 0 Å². The molecule has 0 heterocycles. The summed E-state index contributed by atoms with van der Waals surface area (Å²) in [5.74, 6) is 1.73.